The van der Waals surface area contributed by atoms with Crippen molar-refractivity contribution in [3.8, 4) is 0 Å². The fraction of sp³-hybridized carbons (Fsp3) is 0.688. The fourth-order valence-corrected chi connectivity index (χ4v) is 4.25. The Morgan fingerprint density at radius 2 is 2.35 bits per heavy atom. The third kappa shape index (κ3) is 3.23. The van der Waals surface area contributed by atoms with Crippen LogP contribution >= 0.6 is 11.3 Å². The van der Waals surface area contributed by atoms with E-state index in [2.05, 4.69) is 26.1 Å². The summed E-state index contributed by atoms with van der Waals surface area (Å²) in [5, 5.41) is 12.9. The highest BCUT2D eigenvalue weighted by atomic mass is 32.1. The lowest BCUT2D eigenvalue weighted by atomic mass is 9.77. The summed E-state index contributed by atoms with van der Waals surface area (Å²) in [6.45, 7) is 6.40. The summed E-state index contributed by atoms with van der Waals surface area (Å²) < 4.78 is 0. The van der Waals surface area contributed by atoms with E-state index in [1.807, 2.05) is 6.07 Å². The second kappa shape index (κ2) is 6.27. The van der Waals surface area contributed by atoms with Gasteiger partial charge in [-0.1, -0.05) is 26.7 Å². The van der Waals surface area contributed by atoms with Gasteiger partial charge >= 0.3 is 0 Å². The zero-order valence-electron chi connectivity index (χ0n) is 12.7. The molecule has 2 atom stereocenters. The molecular weight excluding hydrogens is 270 g/mol. The van der Waals surface area contributed by atoms with Gasteiger partial charge in [-0.3, -0.25) is 4.79 Å². The summed E-state index contributed by atoms with van der Waals surface area (Å²) in [7, 11) is 0. The van der Waals surface area contributed by atoms with Gasteiger partial charge in [0.05, 0.1) is 17.0 Å². The maximum atomic E-state index is 12.5. The van der Waals surface area contributed by atoms with Crippen LogP contribution in [0.2, 0.25) is 0 Å². The molecule has 0 saturated heterocycles. The van der Waals surface area contributed by atoms with E-state index in [4.69, 9.17) is 0 Å². The third-order valence-corrected chi connectivity index (χ3v) is 5.49. The van der Waals surface area contributed by atoms with E-state index < -0.39 is 5.54 Å². The molecule has 0 aliphatic heterocycles. The van der Waals surface area contributed by atoms with Crippen molar-refractivity contribution >= 4 is 17.2 Å². The Bertz CT molecular complexity index is 483. The first-order valence-corrected chi connectivity index (χ1v) is 8.34. The minimum Gasteiger partial charge on any atom is -0.394 e. The van der Waals surface area contributed by atoms with E-state index in [-0.39, 0.29) is 12.5 Å². The zero-order chi connectivity index (χ0) is 14.8. The van der Waals surface area contributed by atoms with Crippen LogP contribution in [0.4, 0.5) is 0 Å². The molecule has 2 N–H and O–H groups in total. The van der Waals surface area contributed by atoms with Crippen molar-refractivity contribution in [2.24, 2.45) is 5.92 Å². The second-order valence-corrected chi connectivity index (χ2v) is 7.40. The van der Waals surface area contributed by atoms with Gasteiger partial charge in [0.1, 0.15) is 0 Å². The molecule has 0 radical (unpaired) electrons. The molecule has 0 spiro atoms. The Hall–Kier alpha value is -0.870. The molecule has 3 nitrogen and oxygen atoms in total. The van der Waals surface area contributed by atoms with Crippen LogP contribution < -0.4 is 5.32 Å². The largest absolute Gasteiger partial charge is 0.394 e. The first kappa shape index (κ1) is 15.5. The number of carbonyl (C=O) groups is 1. The van der Waals surface area contributed by atoms with Crippen molar-refractivity contribution in [2.75, 3.05) is 6.61 Å². The van der Waals surface area contributed by atoms with Gasteiger partial charge in [-0.05, 0) is 43.7 Å². The molecule has 2 rings (SSSR count). The number of carbonyl (C=O) groups excluding carboxylic acids is 1. The number of aryl methyl sites for hydroxylation is 2. The highest BCUT2D eigenvalue weighted by molar-refractivity contribution is 7.14. The molecule has 1 amide bonds. The van der Waals surface area contributed by atoms with E-state index in [0.29, 0.717) is 5.92 Å². The van der Waals surface area contributed by atoms with Crippen molar-refractivity contribution in [3.05, 3.63) is 21.4 Å². The summed E-state index contributed by atoms with van der Waals surface area (Å²) in [5.74, 6) is 0.536. The Kier molecular flexibility index (Phi) is 4.86. The van der Waals surface area contributed by atoms with Crippen LogP contribution in [0, 0.1) is 12.8 Å². The van der Waals surface area contributed by atoms with E-state index >= 15 is 0 Å². The molecule has 1 aliphatic rings. The number of rotatable bonds is 4. The minimum absolute atomic E-state index is 0.0269. The van der Waals surface area contributed by atoms with Crippen molar-refractivity contribution in [2.45, 2.75) is 58.4 Å². The van der Waals surface area contributed by atoms with Crippen LogP contribution in [0.3, 0.4) is 0 Å². The SMILES string of the molecule is CCc1cc(C(=O)NC2(CO)CCCC(C)C2)sc1C. The van der Waals surface area contributed by atoms with E-state index in [0.717, 1.165) is 30.6 Å². The molecule has 2 unspecified atom stereocenters. The number of amides is 1. The van der Waals surface area contributed by atoms with E-state index in [9.17, 15) is 9.90 Å². The maximum absolute atomic E-state index is 12.5. The van der Waals surface area contributed by atoms with Crippen LogP contribution in [0.5, 0.6) is 0 Å². The smallest absolute Gasteiger partial charge is 0.261 e. The minimum atomic E-state index is -0.418. The highest BCUT2D eigenvalue weighted by Crippen LogP contribution is 2.32. The van der Waals surface area contributed by atoms with Crippen LogP contribution in [0.1, 0.15) is 59.6 Å². The lowest BCUT2D eigenvalue weighted by Crippen LogP contribution is -2.53. The van der Waals surface area contributed by atoms with Gasteiger partial charge < -0.3 is 10.4 Å². The summed E-state index contributed by atoms with van der Waals surface area (Å²) >= 11 is 1.55. The molecule has 1 saturated carbocycles. The zero-order valence-corrected chi connectivity index (χ0v) is 13.5. The maximum Gasteiger partial charge on any atom is 0.261 e. The monoisotopic (exact) mass is 295 g/mol. The molecule has 1 aromatic heterocycles. The standard InChI is InChI=1S/C16H25NO2S/c1-4-13-8-14(20-12(13)3)15(19)17-16(10-18)7-5-6-11(2)9-16/h8,11,18H,4-7,9-10H2,1-3H3,(H,17,19). The summed E-state index contributed by atoms with van der Waals surface area (Å²) in [6.07, 6.45) is 4.98. The number of hydrogen-bond acceptors (Lipinski definition) is 3. The van der Waals surface area contributed by atoms with Gasteiger partial charge in [0, 0.05) is 4.88 Å². The topological polar surface area (TPSA) is 49.3 Å². The summed E-state index contributed by atoms with van der Waals surface area (Å²) in [5.41, 5.74) is 0.828. The molecule has 1 aliphatic carbocycles. The molecule has 112 valence electrons. The number of thiophene rings is 1. The van der Waals surface area contributed by atoms with Gasteiger partial charge in [-0.25, -0.2) is 0 Å². The van der Waals surface area contributed by atoms with E-state index in [1.54, 1.807) is 11.3 Å². The predicted molar refractivity (Wildman–Crippen MR) is 83.3 cm³/mol. The molecular formula is C16H25NO2S. The number of aliphatic hydroxyl groups excluding tert-OH is 1. The highest BCUT2D eigenvalue weighted by Gasteiger charge is 2.36. The fourth-order valence-electron chi connectivity index (χ4n) is 3.24. The normalized spacial score (nSPS) is 26.5. The van der Waals surface area contributed by atoms with Crippen LogP contribution in [0.25, 0.3) is 0 Å². The molecule has 1 heterocycles. The average Bonchev–Trinajstić information content (AvgIpc) is 2.80. The van der Waals surface area contributed by atoms with Crippen LogP contribution in [0.15, 0.2) is 6.07 Å². The Morgan fingerprint density at radius 3 is 2.90 bits per heavy atom. The van der Waals surface area contributed by atoms with Gasteiger partial charge in [-0.15, -0.1) is 11.3 Å². The van der Waals surface area contributed by atoms with Crippen LogP contribution in [-0.4, -0.2) is 23.2 Å². The molecule has 4 heteroatoms. The summed E-state index contributed by atoms with van der Waals surface area (Å²) in [6, 6.07) is 1.99. The van der Waals surface area contributed by atoms with Gasteiger partial charge in [-0.2, -0.15) is 0 Å². The van der Waals surface area contributed by atoms with Crippen molar-refractivity contribution < 1.29 is 9.90 Å². The lowest BCUT2D eigenvalue weighted by molar-refractivity contribution is 0.0700. The molecule has 20 heavy (non-hydrogen) atoms. The number of nitrogens with one attached hydrogen (secondary N) is 1. The number of aliphatic hydroxyl groups is 1. The molecule has 1 aromatic rings. The first-order valence-electron chi connectivity index (χ1n) is 7.52. The molecule has 0 bridgehead atoms. The Labute approximate surface area is 125 Å². The van der Waals surface area contributed by atoms with Crippen molar-refractivity contribution in [1.82, 2.24) is 5.32 Å². The van der Waals surface area contributed by atoms with Gasteiger partial charge in [0.15, 0.2) is 0 Å². The average molecular weight is 295 g/mol. The Balaban J connectivity index is 2.12. The quantitative estimate of drug-likeness (QED) is 0.895. The second-order valence-electron chi connectivity index (χ2n) is 6.14. The van der Waals surface area contributed by atoms with Gasteiger partial charge in [0.2, 0.25) is 0 Å². The van der Waals surface area contributed by atoms with Crippen molar-refractivity contribution in [1.29, 1.82) is 0 Å². The molecule has 1 fully saturated rings. The van der Waals surface area contributed by atoms with Crippen LogP contribution in [-0.2, 0) is 6.42 Å². The van der Waals surface area contributed by atoms with Crippen molar-refractivity contribution in [3.63, 3.8) is 0 Å². The Morgan fingerprint density at radius 1 is 1.60 bits per heavy atom. The van der Waals surface area contributed by atoms with Gasteiger partial charge in [0.25, 0.3) is 5.91 Å². The van der Waals surface area contributed by atoms with E-state index in [1.165, 1.54) is 16.9 Å². The first-order chi connectivity index (χ1) is 9.49. The summed E-state index contributed by atoms with van der Waals surface area (Å²) in [4.78, 5) is 14.4. The lowest BCUT2D eigenvalue weighted by Gasteiger charge is -2.39. The predicted octanol–water partition coefficient (Wildman–Crippen LogP) is 3.29. The number of hydrogen-bond donors (Lipinski definition) is 2. The molecule has 0 aromatic carbocycles. The third-order valence-electron chi connectivity index (χ3n) is 4.40.